The molecule has 1 saturated heterocycles. The molecular formula is C14H20ClFN2O. The third-order valence-electron chi connectivity index (χ3n) is 3.58. The fourth-order valence-electron chi connectivity index (χ4n) is 2.31. The van der Waals surface area contributed by atoms with Gasteiger partial charge in [-0.15, -0.1) is 12.4 Å². The minimum Gasteiger partial charge on any atom is -0.348 e. The van der Waals surface area contributed by atoms with E-state index < -0.39 is 0 Å². The number of rotatable bonds is 2. The Bertz CT molecular complexity index is 453. The number of aryl methyl sites for hydroxylation is 1. The van der Waals surface area contributed by atoms with Crippen LogP contribution in [0, 0.1) is 18.7 Å². The summed E-state index contributed by atoms with van der Waals surface area (Å²) in [4.78, 5) is 12.1. The van der Waals surface area contributed by atoms with Gasteiger partial charge in [-0.25, -0.2) is 4.39 Å². The molecule has 2 N–H and O–H groups in total. The molecule has 0 spiro atoms. The summed E-state index contributed by atoms with van der Waals surface area (Å²) in [6.45, 7) is 5.69. The molecule has 0 aromatic heterocycles. The van der Waals surface area contributed by atoms with Crippen molar-refractivity contribution in [1.82, 2.24) is 10.6 Å². The van der Waals surface area contributed by atoms with E-state index in [9.17, 15) is 9.18 Å². The van der Waals surface area contributed by atoms with Gasteiger partial charge in [0.15, 0.2) is 0 Å². The van der Waals surface area contributed by atoms with E-state index in [1.807, 2.05) is 0 Å². The van der Waals surface area contributed by atoms with E-state index in [-0.39, 0.29) is 30.2 Å². The van der Waals surface area contributed by atoms with Crippen molar-refractivity contribution in [3.05, 3.63) is 35.1 Å². The molecule has 3 nitrogen and oxygen atoms in total. The van der Waals surface area contributed by atoms with Gasteiger partial charge in [0.05, 0.1) is 0 Å². The van der Waals surface area contributed by atoms with Gasteiger partial charge in [0.1, 0.15) is 5.82 Å². The Morgan fingerprint density at radius 1 is 1.47 bits per heavy atom. The van der Waals surface area contributed by atoms with Gasteiger partial charge < -0.3 is 10.6 Å². The van der Waals surface area contributed by atoms with E-state index in [1.165, 1.54) is 12.1 Å². The van der Waals surface area contributed by atoms with Crippen molar-refractivity contribution in [2.75, 3.05) is 13.1 Å². The Labute approximate surface area is 119 Å². The highest BCUT2D eigenvalue weighted by atomic mass is 35.5. The van der Waals surface area contributed by atoms with Gasteiger partial charge in [-0.2, -0.15) is 0 Å². The maximum Gasteiger partial charge on any atom is 0.251 e. The molecule has 1 aliphatic heterocycles. The fourth-order valence-corrected chi connectivity index (χ4v) is 2.31. The molecule has 1 fully saturated rings. The zero-order valence-corrected chi connectivity index (χ0v) is 12.0. The molecule has 1 aliphatic rings. The molecule has 0 saturated carbocycles. The highest BCUT2D eigenvalue weighted by Crippen LogP contribution is 2.14. The van der Waals surface area contributed by atoms with Crippen LogP contribution in [0.25, 0.3) is 0 Å². The predicted octanol–water partition coefficient (Wildman–Crippen LogP) is 2.28. The molecule has 19 heavy (non-hydrogen) atoms. The standard InChI is InChI=1S/C14H19FN2O.ClH/c1-9-5-6-16-8-13(9)17-14(18)12-4-3-11(15)7-10(12)2;/h3-4,7,9,13,16H,5-6,8H2,1-2H3,(H,17,18);1H. The minimum atomic E-state index is -0.309. The molecule has 1 aromatic carbocycles. The SMILES string of the molecule is Cc1cc(F)ccc1C(=O)NC1CNCCC1C.Cl. The molecule has 2 unspecified atom stereocenters. The van der Waals surface area contributed by atoms with Crippen LogP contribution in [0.4, 0.5) is 4.39 Å². The van der Waals surface area contributed by atoms with Crippen LogP contribution in [0.5, 0.6) is 0 Å². The van der Waals surface area contributed by atoms with Crippen LogP contribution in [0.15, 0.2) is 18.2 Å². The van der Waals surface area contributed by atoms with Crippen LogP contribution in [0.2, 0.25) is 0 Å². The number of amides is 1. The van der Waals surface area contributed by atoms with Crippen molar-refractivity contribution < 1.29 is 9.18 Å². The zero-order valence-electron chi connectivity index (χ0n) is 11.2. The lowest BCUT2D eigenvalue weighted by Gasteiger charge is -2.30. The average Bonchev–Trinajstić information content (AvgIpc) is 2.32. The van der Waals surface area contributed by atoms with E-state index >= 15 is 0 Å². The fraction of sp³-hybridized carbons (Fsp3) is 0.500. The number of carbonyl (C=O) groups excluding carboxylic acids is 1. The van der Waals surface area contributed by atoms with Crippen LogP contribution in [0.3, 0.4) is 0 Å². The quantitative estimate of drug-likeness (QED) is 0.876. The summed E-state index contributed by atoms with van der Waals surface area (Å²) in [5, 5.41) is 6.29. The third kappa shape index (κ3) is 3.91. The molecule has 1 heterocycles. The highest BCUT2D eigenvalue weighted by molar-refractivity contribution is 5.95. The van der Waals surface area contributed by atoms with Crippen molar-refractivity contribution in [3.8, 4) is 0 Å². The van der Waals surface area contributed by atoms with Crippen LogP contribution in [-0.2, 0) is 0 Å². The monoisotopic (exact) mass is 286 g/mol. The summed E-state index contributed by atoms with van der Waals surface area (Å²) < 4.78 is 13.0. The van der Waals surface area contributed by atoms with E-state index in [0.717, 1.165) is 19.5 Å². The molecule has 1 amide bonds. The molecule has 5 heteroatoms. The minimum absolute atomic E-state index is 0. The maximum atomic E-state index is 13.0. The van der Waals surface area contributed by atoms with Gasteiger partial charge in [-0.1, -0.05) is 6.92 Å². The van der Waals surface area contributed by atoms with Gasteiger partial charge in [0, 0.05) is 18.2 Å². The first-order chi connectivity index (χ1) is 8.58. The normalized spacial score (nSPS) is 22.5. The highest BCUT2D eigenvalue weighted by Gasteiger charge is 2.23. The van der Waals surface area contributed by atoms with Crippen LogP contribution in [-0.4, -0.2) is 25.0 Å². The van der Waals surface area contributed by atoms with Crippen LogP contribution >= 0.6 is 12.4 Å². The Morgan fingerprint density at radius 2 is 2.21 bits per heavy atom. The average molecular weight is 287 g/mol. The van der Waals surface area contributed by atoms with Gasteiger partial charge >= 0.3 is 0 Å². The summed E-state index contributed by atoms with van der Waals surface area (Å²) in [7, 11) is 0. The second-order valence-corrected chi connectivity index (χ2v) is 5.01. The third-order valence-corrected chi connectivity index (χ3v) is 3.58. The summed E-state index contributed by atoms with van der Waals surface area (Å²) in [5.41, 5.74) is 1.22. The Hall–Kier alpha value is -1.13. The molecule has 2 rings (SSSR count). The zero-order chi connectivity index (χ0) is 13.1. The number of nitrogens with one attached hydrogen (secondary N) is 2. The van der Waals surface area contributed by atoms with E-state index in [4.69, 9.17) is 0 Å². The Kier molecular flexibility index (Phi) is 5.76. The van der Waals surface area contributed by atoms with E-state index in [1.54, 1.807) is 13.0 Å². The number of halogens is 2. The van der Waals surface area contributed by atoms with Gasteiger partial charge in [0.2, 0.25) is 0 Å². The first kappa shape index (κ1) is 15.9. The molecule has 0 bridgehead atoms. The van der Waals surface area contributed by atoms with Crippen molar-refractivity contribution in [2.24, 2.45) is 5.92 Å². The van der Waals surface area contributed by atoms with Crippen molar-refractivity contribution in [3.63, 3.8) is 0 Å². The van der Waals surface area contributed by atoms with Crippen molar-refractivity contribution in [2.45, 2.75) is 26.3 Å². The van der Waals surface area contributed by atoms with Crippen molar-refractivity contribution in [1.29, 1.82) is 0 Å². The molecule has 2 atom stereocenters. The molecule has 1 aromatic rings. The lowest BCUT2D eigenvalue weighted by Crippen LogP contribution is -2.50. The predicted molar refractivity (Wildman–Crippen MR) is 76.3 cm³/mol. The summed E-state index contributed by atoms with van der Waals surface area (Å²) in [6.07, 6.45) is 1.06. The van der Waals surface area contributed by atoms with Crippen LogP contribution < -0.4 is 10.6 Å². The second kappa shape index (κ2) is 6.87. The largest absolute Gasteiger partial charge is 0.348 e. The smallest absolute Gasteiger partial charge is 0.251 e. The number of hydrogen-bond donors (Lipinski definition) is 2. The van der Waals surface area contributed by atoms with Gasteiger partial charge in [-0.3, -0.25) is 4.79 Å². The molecule has 0 radical (unpaired) electrons. The number of carbonyl (C=O) groups is 1. The second-order valence-electron chi connectivity index (χ2n) is 5.01. The van der Waals surface area contributed by atoms with E-state index in [0.29, 0.717) is 17.0 Å². The van der Waals surface area contributed by atoms with Crippen LogP contribution in [0.1, 0.15) is 29.3 Å². The summed E-state index contributed by atoms with van der Waals surface area (Å²) >= 11 is 0. The van der Waals surface area contributed by atoms with Crippen molar-refractivity contribution >= 4 is 18.3 Å². The lowest BCUT2D eigenvalue weighted by atomic mass is 9.94. The maximum absolute atomic E-state index is 13.0. The summed E-state index contributed by atoms with van der Waals surface area (Å²) in [5.74, 6) is 0.0424. The first-order valence-electron chi connectivity index (χ1n) is 6.35. The molecular weight excluding hydrogens is 267 g/mol. The van der Waals surface area contributed by atoms with Gasteiger partial charge in [-0.05, 0) is 49.6 Å². The van der Waals surface area contributed by atoms with E-state index in [2.05, 4.69) is 17.6 Å². The number of piperidine rings is 1. The Morgan fingerprint density at radius 3 is 2.84 bits per heavy atom. The topological polar surface area (TPSA) is 41.1 Å². The van der Waals surface area contributed by atoms with Gasteiger partial charge in [0.25, 0.3) is 5.91 Å². The molecule has 106 valence electrons. The summed E-state index contributed by atoms with van der Waals surface area (Å²) in [6, 6.07) is 4.40. The first-order valence-corrected chi connectivity index (χ1v) is 6.35. The number of hydrogen-bond acceptors (Lipinski definition) is 2. The lowest BCUT2D eigenvalue weighted by molar-refractivity contribution is 0.0914. The number of benzene rings is 1. The molecule has 0 aliphatic carbocycles. The Balaban J connectivity index is 0.00000180.